The molecule has 8 rings (SSSR count). The van der Waals surface area contributed by atoms with Gasteiger partial charge in [-0.25, -0.2) is 0 Å². The maximum absolute atomic E-state index is 13.0. The number of fused-ring (bicyclic) bond motifs is 4. The monoisotopic (exact) mass is 844 g/mol. The molecule has 7 nitrogen and oxygen atoms in total. The first-order chi connectivity index (χ1) is 28.9. The van der Waals surface area contributed by atoms with Gasteiger partial charge in [-0.2, -0.15) is 0 Å². The van der Waals surface area contributed by atoms with E-state index in [1.807, 2.05) is 82.8 Å². The second-order valence-electron chi connectivity index (χ2n) is 17.9. The minimum atomic E-state index is -1.90. The Bertz CT molecular complexity index is 2400. The Labute approximate surface area is 367 Å². The molecule has 0 radical (unpaired) electrons. The molecule has 0 fully saturated rings. The first-order valence-electron chi connectivity index (χ1n) is 21.1. The molecular formula is C52H64N6OSi2. The summed E-state index contributed by atoms with van der Waals surface area (Å²) >= 11 is 0. The van der Waals surface area contributed by atoms with Crippen LogP contribution in [0.1, 0.15) is 38.2 Å². The number of anilines is 4. The highest BCUT2D eigenvalue weighted by molar-refractivity contribution is 7.03. The first kappa shape index (κ1) is 44.8. The van der Waals surface area contributed by atoms with Crippen LogP contribution in [0.15, 0.2) is 138 Å². The molecule has 0 saturated heterocycles. The van der Waals surface area contributed by atoms with Crippen molar-refractivity contribution in [1.29, 1.82) is 0 Å². The minimum absolute atomic E-state index is 0.164. The van der Waals surface area contributed by atoms with Crippen molar-refractivity contribution in [1.82, 2.24) is 0 Å². The normalized spacial score (nSPS) is 13.7. The van der Waals surface area contributed by atoms with Gasteiger partial charge in [0.1, 0.15) is 16.1 Å². The van der Waals surface area contributed by atoms with Gasteiger partial charge in [0.05, 0.1) is 12.3 Å². The molecule has 0 bridgehead atoms. The van der Waals surface area contributed by atoms with Crippen molar-refractivity contribution in [3.8, 4) is 0 Å². The number of rotatable bonds is 7. The van der Waals surface area contributed by atoms with Crippen molar-refractivity contribution in [2.45, 2.75) is 39.3 Å². The highest BCUT2D eigenvalue weighted by atomic mass is 28.3. The second kappa shape index (κ2) is 18.5. The number of aliphatic imine (C=N–C) groups is 1. The third kappa shape index (κ3) is 9.44. The number of nitrogens with zero attached hydrogens (tertiary/aromatic N) is 5. The second-order valence-corrected chi connectivity index (χ2v) is 26.6. The van der Waals surface area contributed by atoms with Crippen molar-refractivity contribution in [3.63, 3.8) is 0 Å². The molecule has 0 aliphatic carbocycles. The molecule has 0 saturated carbocycles. The molecule has 316 valence electrons. The molecule has 0 spiro atoms. The summed E-state index contributed by atoms with van der Waals surface area (Å²) in [4.78, 5) is 26.7. The summed E-state index contributed by atoms with van der Waals surface area (Å²) in [7, 11) is 12.8. The van der Waals surface area contributed by atoms with Crippen molar-refractivity contribution in [2.24, 2.45) is 10.7 Å². The van der Waals surface area contributed by atoms with E-state index in [1.165, 1.54) is 54.4 Å². The lowest BCUT2D eigenvalue weighted by molar-refractivity contribution is 0.104. The molecule has 0 aromatic heterocycles. The molecule has 6 aromatic carbocycles. The Morgan fingerprint density at radius 1 is 0.443 bits per heavy atom. The van der Waals surface area contributed by atoms with Crippen molar-refractivity contribution in [2.75, 3.05) is 76.0 Å². The van der Waals surface area contributed by atoms with Gasteiger partial charge in [-0.1, -0.05) is 99.0 Å². The minimum Gasteiger partial charge on any atom is -0.378 e. The van der Waals surface area contributed by atoms with Gasteiger partial charge < -0.3 is 25.3 Å². The molecule has 2 N–H and O–H groups in total. The molecule has 61 heavy (non-hydrogen) atoms. The lowest BCUT2D eigenvalue weighted by atomic mass is 9.99. The van der Waals surface area contributed by atoms with Crippen LogP contribution in [0.2, 0.25) is 26.2 Å². The topological polar surface area (TPSA) is 68.4 Å². The average molecular weight is 845 g/mol. The Morgan fingerprint density at radius 3 is 1.07 bits per heavy atom. The van der Waals surface area contributed by atoms with Gasteiger partial charge in [-0.15, -0.1) is 0 Å². The van der Waals surface area contributed by atoms with E-state index in [0.29, 0.717) is 13.1 Å². The number of nitrogens with two attached hydrogens (primary N) is 1. The van der Waals surface area contributed by atoms with Gasteiger partial charge in [0, 0.05) is 108 Å². The fraction of sp³-hybridized carbons (Fsp3) is 0.269. The smallest absolute Gasteiger partial charge is 0.192 e. The van der Waals surface area contributed by atoms with E-state index < -0.39 is 16.1 Å². The van der Waals surface area contributed by atoms with Gasteiger partial charge >= 0.3 is 0 Å². The maximum Gasteiger partial charge on any atom is 0.192 e. The van der Waals surface area contributed by atoms with E-state index in [1.54, 1.807) is 0 Å². The fourth-order valence-electron chi connectivity index (χ4n) is 8.24. The van der Waals surface area contributed by atoms with Gasteiger partial charge in [-0.05, 0) is 92.5 Å². The van der Waals surface area contributed by atoms with Crippen LogP contribution in [0.4, 0.5) is 22.7 Å². The average Bonchev–Trinajstić information content (AvgIpc) is 3.26. The molecule has 9 heteroatoms. The van der Waals surface area contributed by atoms with E-state index in [0.717, 1.165) is 28.2 Å². The summed E-state index contributed by atoms with van der Waals surface area (Å²) in [6.45, 7) is 11.0. The van der Waals surface area contributed by atoms with Crippen LogP contribution in [-0.4, -0.2) is 84.0 Å². The number of benzene rings is 6. The predicted octanol–water partition coefficient (Wildman–Crippen LogP) is 7.32. The molecule has 2 heterocycles. The van der Waals surface area contributed by atoms with Crippen LogP contribution in [0.3, 0.4) is 0 Å². The fourth-order valence-corrected chi connectivity index (χ4v) is 14.3. The number of hydrogen-bond donors (Lipinski definition) is 1. The SMILES string of the molecule is CN(C)c1ccc2c(c1)[Si](C)(C)c1cc(N(C)C)ccc1C2=NCc1ccccc1.CN(C)c1ccc2c(c1)[Si](C)(C)c1cc(N(C)C)ccc1C2=O.NCc1ccccc1. The Kier molecular flexibility index (Phi) is 13.6. The highest BCUT2D eigenvalue weighted by Crippen LogP contribution is 2.28. The van der Waals surface area contributed by atoms with Crippen LogP contribution in [-0.2, 0) is 13.1 Å². The molecule has 6 aromatic rings. The number of hydrogen-bond acceptors (Lipinski definition) is 7. The Balaban J connectivity index is 0.000000177. The molecule has 2 aliphatic rings. The predicted molar refractivity (Wildman–Crippen MR) is 270 cm³/mol. The zero-order valence-corrected chi connectivity index (χ0v) is 40.3. The quantitative estimate of drug-likeness (QED) is 0.170. The van der Waals surface area contributed by atoms with E-state index in [4.69, 9.17) is 10.7 Å². The summed E-state index contributed by atoms with van der Waals surface area (Å²) in [5.74, 6) is 0.164. The first-order valence-corrected chi connectivity index (χ1v) is 27.1. The number of carbonyl (C=O) groups is 1. The maximum atomic E-state index is 13.0. The van der Waals surface area contributed by atoms with Gasteiger partial charge in [0.25, 0.3) is 0 Å². The lowest BCUT2D eigenvalue weighted by Gasteiger charge is -2.36. The standard InChI is InChI=1S/C26H31N3Si.C19H24N2OSi.C7H9N/c1-28(2)20-12-14-22-24(16-20)30(5,6)25-17-21(29(3)4)13-15-23(25)26(22)27-18-19-10-8-7-9-11-19;1-20(2)13-7-9-15-17(11-13)23(5,6)18-12-14(21(3)4)8-10-16(18)19(15)22;8-6-7-4-2-1-3-5-7/h7-17H,18H2,1-6H3;7-12H,1-6H3;1-5H,6,8H2. The summed E-state index contributed by atoms with van der Waals surface area (Å²) < 4.78 is 0. The summed E-state index contributed by atoms with van der Waals surface area (Å²) in [5, 5.41) is 5.45. The molecular weight excluding hydrogens is 781 g/mol. The zero-order chi connectivity index (χ0) is 44.2. The van der Waals surface area contributed by atoms with Gasteiger partial charge in [-0.3, -0.25) is 9.79 Å². The summed E-state index contributed by atoms with van der Waals surface area (Å²) in [6.07, 6.45) is 0. The molecule has 0 atom stereocenters. The van der Waals surface area contributed by atoms with Crippen molar-refractivity contribution >= 4 is 71.1 Å². The van der Waals surface area contributed by atoms with E-state index in [2.05, 4.69) is 153 Å². The van der Waals surface area contributed by atoms with Gasteiger partial charge in [0.2, 0.25) is 0 Å². The van der Waals surface area contributed by atoms with Crippen LogP contribution < -0.4 is 46.1 Å². The molecule has 0 unspecified atom stereocenters. The number of ketones is 1. The summed E-state index contributed by atoms with van der Waals surface area (Å²) in [6, 6.07) is 46.8. The van der Waals surface area contributed by atoms with Crippen LogP contribution in [0.5, 0.6) is 0 Å². The van der Waals surface area contributed by atoms with Crippen LogP contribution in [0, 0.1) is 0 Å². The van der Waals surface area contributed by atoms with E-state index >= 15 is 0 Å². The van der Waals surface area contributed by atoms with E-state index in [9.17, 15) is 4.79 Å². The molecule has 2 aliphatic heterocycles. The lowest BCUT2D eigenvalue weighted by Crippen LogP contribution is -2.60. The van der Waals surface area contributed by atoms with E-state index in [-0.39, 0.29) is 5.78 Å². The summed E-state index contributed by atoms with van der Waals surface area (Å²) in [5.41, 5.74) is 18.1. The van der Waals surface area contributed by atoms with Gasteiger partial charge in [0.15, 0.2) is 5.78 Å². The Morgan fingerprint density at radius 2 is 0.754 bits per heavy atom. The zero-order valence-electron chi connectivity index (χ0n) is 38.3. The number of carbonyl (C=O) groups excluding carboxylic acids is 1. The van der Waals surface area contributed by atoms with Crippen molar-refractivity contribution in [3.05, 3.63) is 167 Å². The van der Waals surface area contributed by atoms with Crippen molar-refractivity contribution < 1.29 is 4.79 Å². The largest absolute Gasteiger partial charge is 0.378 e. The highest BCUT2D eigenvalue weighted by Gasteiger charge is 2.40. The molecule has 0 amide bonds. The van der Waals surface area contributed by atoms with Crippen LogP contribution in [0.25, 0.3) is 0 Å². The third-order valence-corrected chi connectivity index (χ3v) is 19.2. The third-order valence-electron chi connectivity index (χ3n) is 12.1. The Hall–Kier alpha value is -5.75. The van der Waals surface area contributed by atoms with Crippen LogP contribution >= 0.6 is 0 Å².